The van der Waals surface area contributed by atoms with Crippen LogP contribution in [0.1, 0.15) is 103 Å². The zero-order chi connectivity index (χ0) is 42.8. The van der Waals surface area contributed by atoms with Crippen LogP contribution in [0.5, 0.6) is 0 Å². The van der Waals surface area contributed by atoms with Crippen LogP contribution in [0.3, 0.4) is 0 Å². The highest BCUT2D eigenvalue weighted by atomic mass is 35.5. The van der Waals surface area contributed by atoms with Gasteiger partial charge in [-0.3, -0.25) is 9.59 Å². The number of fused-ring (bicyclic) bond motifs is 1. The van der Waals surface area contributed by atoms with Crippen molar-refractivity contribution in [3.63, 3.8) is 0 Å². The predicted octanol–water partition coefficient (Wildman–Crippen LogP) is 9.67. The quantitative estimate of drug-likeness (QED) is 0.130. The molecule has 4 atom stereocenters. The number of alkyl carbamates (subject to hydrolysis) is 1. The first-order chi connectivity index (χ1) is 30.0. The third kappa shape index (κ3) is 7.82. The molecule has 0 radical (unpaired) electrons. The van der Waals surface area contributed by atoms with Gasteiger partial charge in [0.1, 0.15) is 17.7 Å². The second kappa shape index (κ2) is 15.7. The Balaban J connectivity index is 0.836. The summed E-state index contributed by atoms with van der Waals surface area (Å²) in [7, 11) is 1.28. The Labute approximate surface area is 369 Å². The maximum atomic E-state index is 14.3. The van der Waals surface area contributed by atoms with Crippen molar-refractivity contribution in [1.82, 2.24) is 35.1 Å². The second-order valence-electron chi connectivity index (χ2n) is 17.6. The van der Waals surface area contributed by atoms with E-state index in [0.717, 1.165) is 89.9 Å². The van der Waals surface area contributed by atoms with E-state index < -0.39 is 12.1 Å². The topological polar surface area (TPSA) is 136 Å². The molecule has 2 saturated carbocycles. The molecule has 3 N–H and O–H groups in total. The summed E-state index contributed by atoms with van der Waals surface area (Å²) in [4.78, 5) is 61.3. The van der Waals surface area contributed by atoms with Crippen LogP contribution in [-0.2, 0) is 14.3 Å². The average Bonchev–Trinajstić information content (AvgIpc) is 3.90. The molecular weight excluding hydrogens is 821 g/mol. The molecule has 0 unspecified atom stereocenters. The zero-order valence-electron chi connectivity index (χ0n) is 34.4. The van der Waals surface area contributed by atoms with Gasteiger partial charge in [0, 0.05) is 34.3 Å². The number of hydrogen-bond acceptors (Lipinski definition) is 6. The first kappa shape index (κ1) is 40.0. The number of benzene rings is 4. The Bertz CT molecular complexity index is 2760. The summed E-state index contributed by atoms with van der Waals surface area (Å²) >= 11 is 12.3. The van der Waals surface area contributed by atoms with Crippen molar-refractivity contribution in [3.05, 3.63) is 141 Å². The molecular formula is C49H45Cl2N7O4. The molecule has 13 heteroatoms. The maximum Gasteiger partial charge on any atom is 0.407 e. The molecule has 0 bridgehead atoms. The minimum Gasteiger partial charge on any atom is -0.453 e. The highest BCUT2D eigenvalue weighted by Gasteiger charge is 2.56. The Morgan fingerprint density at radius 1 is 0.758 bits per heavy atom. The normalized spacial score (nSPS) is 20.2. The number of imidazole rings is 2. The molecule has 6 aromatic rings. The van der Waals surface area contributed by atoms with Crippen LogP contribution in [0.2, 0.25) is 10.0 Å². The van der Waals surface area contributed by atoms with Gasteiger partial charge in [0.2, 0.25) is 5.91 Å². The standard InChI is InChI=1S/C49H45Cl2N7O4/c1-29(32-10-14-35(50)15-11-32)45(59)57-27-48(19-20-48)24-40(57)43-52-26-39(55-43)33-8-5-30(6-9-33)3-4-31-7-18-37-38(23-31)54-44(53-37)41-25-49(21-22-49)28-58(41)46(60)42(56-47(61)62-2)34-12-16-36(51)17-13-34/h5-18,23,26,29,40-42H,19-22,24-25,27-28H2,1-2H3,(H,52,55)(H,53,54)(H,56,61)/t29-,40+,41+,42-/m1/s1. The second-order valence-corrected chi connectivity index (χ2v) is 18.5. The molecule has 3 amide bonds. The van der Waals surface area contributed by atoms with Crippen LogP contribution in [0.25, 0.3) is 22.3 Å². The van der Waals surface area contributed by atoms with Gasteiger partial charge in [0.05, 0.1) is 48.0 Å². The van der Waals surface area contributed by atoms with E-state index in [9.17, 15) is 14.4 Å². The molecule has 2 aromatic heterocycles. The van der Waals surface area contributed by atoms with Crippen LogP contribution in [0, 0.1) is 22.7 Å². The lowest BCUT2D eigenvalue weighted by Crippen LogP contribution is -2.43. The minimum absolute atomic E-state index is 0.0514. The van der Waals surface area contributed by atoms with E-state index in [-0.39, 0.29) is 40.6 Å². The van der Waals surface area contributed by atoms with Crippen molar-refractivity contribution in [2.24, 2.45) is 10.8 Å². The fourth-order valence-corrected chi connectivity index (χ4v) is 9.62. The molecule has 62 heavy (non-hydrogen) atoms. The Kier molecular flexibility index (Phi) is 10.1. The molecule has 4 aliphatic rings. The fraction of sp³-hybridized carbons (Fsp3) is 0.327. The lowest BCUT2D eigenvalue weighted by molar-refractivity contribution is -0.135. The Morgan fingerprint density at radius 2 is 1.34 bits per heavy atom. The summed E-state index contributed by atoms with van der Waals surface area (Å²) in [6, 6.07) is 27.1. The molecule has 10 rings (SSSR count). The van der Waals surface area contributed by atoms with Crippen LogP contribution in [0.15, 0.2) is 97.2 Å². The summed E-state index contributed by atoms with van der Waals surface area (Å²) in [5.74, 6) is 7.75. The van der Waals surface area contributed by atoms with Gasteiger partial charge in [-0.15, -0.1) is 0 Å². The number of nitrogens with one attached hydrogen (secondary N) is 3. The summed E-state index contributed by atoms with van der Waals surface area (Å²) < 4.78 is 4.88. The number of methoxy groups -OCH3 is 1. The van der Waals surface area contributed by atoms with E-state index >= 15 is 0 Å². The van der Waals surface area contributed by atoms with Gasteiger partial charge in [0.15, 0.2) is 0 Å². The number of nitrogens with zero attached hydrogens (tertiary/aromatic N) is 4. The number of aromatic amines is 2. The van der Waals surface area contributed by atoms with Gasteiger partial charge in [-0.25, -0.2) is 14.8 Å². The summed E-state index contributed by atoms with van der Waals surface area (Å²) in [5.41, 5.74) is 7.01. The van der Waals surface area contributed by atoms with E-state index in [2.05, 4.69) is 27.1 Å². The molecule has 2 saturated heterocycles. The minimum atomic E-state index is -0.945. The SMILES string of the molecule is COC(=O)N[C@@H](C(=O)N1CC2(CC2)C[C@H]1c1nc2ccc(C#Cc3ccc(-c4cnc([C@@H]5CC6(CC6)CN5C(=O)[C@H](C)c5ccc(Cl)cc5)[nH]4)cc3)cc2[nH]1)c1ccc(Cl)cc1. The number of likely N-dealkylation sites (tertiary alicyclic amines) is 2. The zero-order valence-corrected chi connectivity index (χ0v) is 35.9. The number of ether oxygens (including phenoxy) is 1. The lowest BCUT2D eigenvalue weighted by atomic mass is 9.99. The monoisotopic (exact) mass is 865 g/mol. The van der Waals surface area contributed by atoms with Gasteiger partial charge < -0.3 is 29.8 Å². The van der Waals surface area contributed by atoms with Crippen LogP contribution in [-0.4, -0.2) is 67.8 Å². The van der Waals surface area contributed by atoms with Gasteiger partial charge in [0.25, 0.3) is 5.91 Å². The highest BCUT2D eigenvalue weighted by molar-refractivity contribution is 6.30. The first-order valence-electron chi connectivity index (χ1n) is 21.1. The van der Waals surface area contributed by atoms with Crippen LogP contribution in [0.4, 0.5) is 4.79 Å². The lowest BCUT2D eigenvalue weighted by Gasteiger charge is -2.28. The summed E-state index contributed by atoms with van der Waals surface area (Å²) in [6.45, 7) is 3.32. The number of carbonyl (C=O) groups is 3. The third-order valence-corrected chi connectivity index (χ3v) is 13.9. The average molecular weight is 867 g/mol. The van der Waals surface area contributed by atoms with E-state index in [0.29, 0.717) is 28.0 Å². The van der Waals surface area contributed by atoms with Crippen molar-refractivity contribution in [2.75, 3.05) is 20.2 Å². The van der Waals surface area contributed by atoms with Crippen molar-refractivity contribution < 1.29 is 19.1 Å². The van der Waals surface area contributed by atoms with Gasteiger partial charge in [-0.05, 0) is 128 Å². The van der Waals surface area contributed by atoms with Gasteiger partial charge >= 0.3 is 6.09 Å². The molecule has 11 nitrogen and oxygen atoms in total. The summed E-state index contributed by atoms with van der Waals surface area (Å²) in [5, 5.41) is 3.93. The van der Waals surface area contributed by atoms with E-state index in [4.69, 9.17) is 37.9 Å². The largest absolute Gasteiger partial charge is 0.453 e. The van der Waals surface area contributed by atoms with Crippen LogP contribution >= 0.6 is 23.2 Å². The van der Waals surface area contributed by atoms with Gasteiger partial charge in [-0.2, -0.15) is 0 Å². The summed E-state index contributed by atoms with van der Waals surface area (Å²) in [6.07, 6.45) is 7.24. The number of hydrogen-bond donors (Lipinski definition) is 3. The first-order valence-corrected chi connectivity index (χ1v) is 21.9. The fourth-order valence-electron chi connectivity index (χ4n) is 9.37. The number of H-pyrrole nitrogens is 2. The molecule has 2 spiro atoms. The Morgan fingerprint density at radius 3 is 1.97 bits per heavy atom. The number of aromatic nitrogens is 4. The van der Waals surface area contributed by atoms with E-state index in [1.54, 1.807) is 24.3 Å². The highest BCUT2D eigenvalue weighted by Crippen LogP contribution is 2.59. The predicted molar refractivity (Wildman–Crippen MR) is 237 cm³/mol. The van der Waals surface area contributed by atoms with E-state index in [1.165, 1.54) is 7.11 Å². The van der Waals surface area contributed by atoms with Gasteiger partial charge in [-0.1, -0.05) is 71.4 Å². The number of amides is 3. The molecule has 314 valence electrons. The molecule has 2 aliphatic carbocycles. The maximum absolute atomic E-state index is 14.3. The molecule has 4 heterocycles. The molecule has 4 aromatic carbocycles. The van der Waals surface area contributed by atoms with Crippen molar-refractivity contribution >= 4 is 52.1 Å². The van der Waals surface area contributed by atoms with Crippen molar-refractivity contribution in [2.45, 2.75) is 69.5 Å². The van der Waals surface area contributed by atoms with E-state index in [1.807, 2.05) is 89.7 Å². The Hall–Kier alpha value is -6.09. The number of rotatable bonds is 8. The molecule has 2 aliphatic heterocycles. The third-order valence-electron chi connectivity index (χ3n) is 13.4. The van der Waals surface area contributed by atoms with Crippen LogP contribution < -0.4 is 5.32 Å². The number of carbonyl (C=O) groups excluding carboxylic acids is 3. The number of halogens is 2. The molecule has 4 fully saturated rings. The van der Waals surface area contributed by atoms with Crippen molar-refractivity contribution in [1.29, 1.82) is 0 Å². The smallest absolute Gasteiger partial charge is 0.407 e. The van der Waals surface area contributed by atoms with Crippen molar-refractivity contribution in [3.8, 4) is 23.1 Å².